The van der Waals surface area contributed by atoms with Crippen LogP contribution < -0.4 is 11.1 Å². The molecule has 0 heterocycles. The minimum absolute atomic E-state index is 0.0148. The summed E-state index contributed by atoms with van der Waals surface area (Å²) in [5.74, 6) is -1.73. The number of halogens is 1. The molecule has 0 aliphatic heterocycles. The maximum Gasteiger partial charge on any atom is 0.337 e. The molecular formula is C14H11IN2O4. The van der Waals surface area contributed by atoms with Crippen molar-refractivity contribution in [1.82, 2.24) is 0 Å². The molecule has 6 nitrogen and oxygen atoms in total. The third-order valence-electron chi connectivity index (χ3n) is 2.73. The molecule has 2 rings (SSSR count). The first-order valence-electron chi connectivity index (χ1n) is 5.81. The lowest BCUT2D eigenvalue weighted by atomic mass is 10.1. The number of hydrogen-bond acceptors (Lipinski definition) is 4. The van der Waals surface area contributed by atoms with Gasteiger partial charge in [-0.15, -0.1) is 0 Å². The molecule has 108 valence electrons. The summed E-state index contributed by atoms with van der Waals surface area (Å²) in [6, 6.07) is 8.62. The third kappa shape index (κ3) is 3.43. The molecule has 0 fully saturated rings. The molecule has 0 spiro atoms. The molecule has 2 aromatic rings. The number of rotatable bonds is 3. The van der Waals surface area contributed by atoms with Gasteiger partial charge in [-0.25, -0.2) is 4.79 Å². The van der Waals surface area contributed by atoms with Gasteiger partial charge >= 0.3 is 5.97 Å². The maximum atomic E-state index is 12.1. The molecule has 2 aromatic carbocycles. The molecule has 0 aromatic heterocycles. The molecule has 0 aliphatic rings. The first-order chi connectivity index (χ1) is 9.88. The number of anilines is 2. The van der Waals surface area contributed by atoms with Crippen molar-refractivity contribution in [3.63, 3.8) is 0 Å². The average Bonchev–Trinajstić information content (AvgIpc) is 2.43. The minimum Gasteiger partial charge on any atom is -0.507 e. The predicted octanol–water partition coefficient (Wildman–Crippen LogP) is 2.53. The van der Waals surface area contributed by atoms with E-state index in [2.05, 4.69) is 5.32 Å². The van der Waals surface area contributed by atoms with E-state index in [1.165, 1.54) is 30.3 Å². The SMILES string of the molecule is Nc1ccc(NC(=O)c2ccc(I)c(O)c2)c(C(=O)O)c1. The summed E-state index contributed by atoms with van der Waals surface area (Å²) in [5.41, 5.74) is 6.09. The number of aromatic hydroxyl groups is 1. The van der Waals surface area contributed by atoms with Crippen LogP contribution in [0.1, 0.15) is 20.7 Å². The highest BCUT2D eigenvalue weighted by Gasteiger charge is 2.14. The van der Waals surface area contributed by atoms with Crippen molar-refractivity contribution in [1.29, 1.82) is 0 Å². The molecule has 5 N–H and O–H groups in total. The van der Waals surface area contributed by atoms with Crippen molar-refractivity contribution in [3.05, 3.63) is 51.1 Å². The zero-order valence-corrected chi connectivity index (χ0v) is 12.8. The van der Waals surface area contributed by atoms with Crippen molar-refractivity contribution < 1.29 is 19.8 Å². The Bertz CT molecular complexity index is 731. The van der Waals surface area contributed by atoms with Gasteiger partial charge < -0.3 is 21.3 Å². The van der Waals surface area contributed by atoms with E-state index in [4.69, 9.17) is 10.8 Å². The Morgan fingerprint density at radius 2 is 1.86 bits per heavy atom. The quantitative estimate of drug-likeness (QED) is 0.469. The molecule has 21 heavy (non-hydrogen) atoms. The van der Waals surface area contributed by atoms with Gasteiger partial charge in [0.25, 0.3) is 5.91 Å². The molecule has 7 heteroatoms. The number of aromatic carboxylic acids is 1. The fourth-order valence-electron chi connectivity index (χ4n) is 1.70. The van der Waals surface area contributed by atoms with Crippen LogP contribution in [0, 0.1) is 3.57 Å². The second kappa shape index (κ2) is 6.00. The summed E-state index contributed by atoms with van der Waals surface area (Å²) >= 11 is 1.93. The lowest BCUT2D eigenvalue weighted by Crippen LogP contribution is -2.15. The molecule has 0 atom stereocenters. The summed E-state index contributed by atoms with van der Waals surface area (Å²) in [6.07, 6.45) is 0. The number of benzene rings is 2. The molecule has 0 unspecified atom stereocenters. The minimum atomic E-state index is -1.19. The standard InChI is InChI=1S/C14H11IN2O4/c15-10-3-1-7(5-12(10)18)13(19)17-11-4-2-8(16)6-9(11)14(20)21/h1-6,18H,16H2,(H,17,19)(H,20,21). The molecule has 0 bridgehead atoms. The van der Waals surface area contributed by atoms with Gasteiger partial charge in [-0.05, 0) is 59.0 Å². The number of phenolic OH excluding ortho intramolecular Hbond substituents is 1. The molecule has 1 amide bonds. The Morgan fingerprint density at radius 1 is 1.14 bits per heavy atom. The number of carboxylic acid groups (broad SMARTS) is 1. The van der Waals surface area contributed by atoms with Gasteiger partial charge in [-0.2, -0.15) is 0 Å². The van der Waals surface area contributed by atoms with Gasteiger partial charge in [0.1, 0.15) is 5.75 Å². The number of carboxylic acids is 1. The topological polar surface area (TPSA) is 113 Å². The van der Waals surface area contributed by atoms with Gasteiger partial charge in [0.05, 0.1) is 14.8 Å². The number of amides is 1. The highest BCUT2D eigenvalue weighted by molar-refractivity contribution is 14.1. The lowest BCUT2D eigenvalue weighted by molar-refractivity contribution is 0.0698. The average molecular weight is 398 g/mol. The Labute approximate surface area is 133 Å². The normalized spacial score (nSPS) is 10.1. The molecule has 0 saturated carbocycles. The second-order valence-corrected chi connectivity index (χ2v) is 5.39. The van der Waals surface area contributed by atoms with Crippen LogP contribution in [0.2, 0.25) is 0 Å². The number of phenols is 1. The highest BCUT2D eigenvalue weighted by atomic mass is 127. The van der Waals surface area contributed by atoms with Gasteiger partial charge in [-0.1, -0.05) is 0 Å². The zero-order valence-electron chi connectivity index (χ0n) is 10.6. The highest BCUT2D eigenvalue weighted by Crippen LogP contribution is 2.23. The fraction of sp³-hybridized carbons (Fsp3) is 0. The zero-order chi connectivity index (χ0) is 15.6. The Kier molecular flexibility index (Phi) is 4.32. The van der Waals surface area contributed by atoms with E-state index >= 15 is 0 Å². The van der Waals surface area contributed by atoms with Crippen LogP contribution in [0.3, 0.4) is 0 Å². The van der Waals surface area contributed by atoms with Crippen molar-refractivity contribution in [2.45, 2.75) is 0 Å². The number of nitrogens with one attached hydrogen (secondary N) is 1. The lowest BCUT2D eigenvalue weighted by Gasteiger charge is -2.09. The maximum absolute atomic E-state index is 12.1. The summed E-state index contributed by atoms with van der Waals surface area (Å²) in [6.45, 7) is 0. The van der Waals surface area contributed by atoms with Crippen LogP contribution in [-0.4, -0.2) is 22.1 Å². The Morgan fingerprint density at radius 3 is 2.48 bits per heavy atom. The van der Waals surface area contributed by atoms with Crippen LogP contribution in [0.5, 0.6) is 5.75 Å². The van der Waals surface area contributed by atoms with Crippen molar-refractivity contribution in [2.24, 2.45) is 0 Å². The monoisotopic (exact) mass is 398 g/mol. The molecule has 0 aliphatic carbocycles. The molecule has 0 radical (unpaired) electrons. The summed E-state index contributed by atoms with van der Waals surface area (Å²) in [5, 5.41) is 21.2. The number of hydrogen-bond donors (Lipinski definition) is 4. The van der Waals surface area contributed by atoms with Gasteiger partial charge in [-0.3, -0.25) is 4.79 Å². The van der Waals surface area contributed by atoms with E-state index in [0.29, 0.717) is 3.57 Å². The van der Waals surface area contributed by atoms with Crippen LogP contribution in [0.4, 0.5) is 11.4 Å². The van der Waals surface area contributed by atoms with Gasteiger partial charge in [0.15, 0.2) is 0 Å². The van der Waals surface area contributed by atoms with Crippen molar-refractivity contribution in [3.8, 4) is 5.75 Å². The van der Waals surface area contributed by atoms with Gasteiger partial charge in [0.2, 0.25) is 0 Å². The smallest absolute Gasteiger partial charge is 0.337 e. The van der Waals surface area contributed by atoms with Crippen molar-refractivity contribution in [2.75, 3.05) is 11.1 Å². The first-order valence-corrected chi connectivity index (χ1v) is 6.89. The van der Waals surface area contributed by atoms with Crippen LogP contribution in [0.15, 0.2) is 36.4 Å². The Balaban J connectivity index is 2.31. The van der Waals surface area contributed by atoms with Gasteiger partial charge in [0, 0.05) is 11.3 Å². The first kappa shape index (κ1) is 15.1. The van der Waals surface area contributed by atoms with E-state index in [0.717, 1.165) is 0 Å². The van der Waals surface area contributed by atoms with E-state index in [1.54, 1.807) is 6.07 Å². The number of nitrogens with two attached hydrogens (primary N) is 1. The summed E-state index contributed by atoms with van der Waals surface area (Å²) < 4.78 is 0.614. The van der Waals surface area contributed by atoms with Crippen LogP contribution in [0.25, 0.3) is 0 Å². The number of carbonyl (C=O) groups is 2. The Hall–Kier alpha value is -2.29. The second-order valence-electron chi connectivity index (χ2n) is 4.23. The van der Waals surface area contributed by atoms with E-state index in [9.17, 15) is 14.7 Å². The number of nitrogen functional groups attached to an aromatic ring is 1. The predicted molar refractivity (Wildman–Crippen MR) is 86.6 cm³/mol. The largest absolute Gasteiger partial charge is 0.507 e. The van der Waals surface area contributed by atoms with Crippen LogP contribution >= 0.6 is 22.6 Å². The summed E-state index contributed by atoms with van der Waals surface area (Å²) in [7, 11) is 0. The molecule has 0 saturated heterocycles. The molecular weight excluding hydrogens is 387 g/mol. The van der Waals surface area contributed by atoms with Crippen LogP contribution in [-0.2, 0) is 0 Å². The van der Waals surface area contributed by atoms with Crippen molar-refractivity contribution >= 4 is 45.8 Å². The van der Waals surface area contributed by atoms with E-state index in [-0.39, 0.29) is 28.3 Å². The van der Waals surface area contributed by atoms with E-state index < -0.39 is 11.9 Å². The summed E-state index contributed by atoms with van der Waals surface area (Å²) in [4.78, 5) is 23.2. The van der Waals surface area contributed by atoms with E-state index in [1.807, 2.05) is 22.6 Å². The number of carbonyl (C=O) groups excluding carboxylic acids is 1. The fourth-order valence-corrected chi connectivity index (χ4v) is 2.03. The third-order valence-corrected chi connectivity index (χ3v) is 3.64.